The SMILES string of the molecule is O=C(CCn1ccnc1)Nc1cc(Br)ccc1C(=O)O. The molecule has 2 rings (SSSR count). The number of hydrogen-bond acceptors (Lipinski definition) is 3. The highest BCUT2D eigenvalue weighted by Gasteiger charge is 2.12. The standard InChI is InChI=1S/C13H12BrN3O3/c14-9-1-2-10(13(19)20)11(7-9)16-12(18)3-5-17-6-4-15-8-17/h1-2,4,6-8H,3,5H2,(H,16,18)(H,19,20). The number of rotatable bonds is 5. The van der Waals surface area contributed by atoms with E-state index >= 15 is 0 Å². The normalized spacial score (nSPS) is 10.2. The minimum absolute atomic E-state index is 0.0594. The smallest absolute Gasteiger partial charge is 0.337 e. The minimum atomic E-state index is -1.08. The van der Waals surface area contributed by atoms with E-state index in [1.54, 1.807) is 35.4 Å². The number of nitrogens with zero attached hydrogens (tertiary/aromatic N) is 2. The van der Waals surface area contributed by atoms with E-state index < -0.39 is 5.97 Å². The highest BCUT2D eigenvalue weighted by atomic mass is 79.9. The average Bonchev–Trinajstić information content (AvgIpc) is 2.89. The molecule has 1 heterocycles. The number of carbonyl (C=O) groups excluding carboxylic acids is 1. The molecular formula is C13H12BrN3O3. The van der Waals surface area contributed by atoms with Crippen molar-refractivity contribution in [2.75, 3.05) is 5.32 Å². The Bertz CT molecular complexity index is 626. The third kappa shape index (κ3) is 3.67. The summed E-state index contributed by atoms with van der Waals surface area (Å²) in [6, 6.07) is 4.63. The predicted molar refractivity (Wildman–Crippen MR) is 76.6 cm³/mol. The first-order chi connectivity index (χ1) is 9.56. The lowest BCUT2D eigenvalue weighted by atomic mass is 10.2. The average molecular weight is 338 g/mol. The van der Waals surface area contributed by atoms with Gasteiger partial charge in [0, 0.05) is 29.8 Å². The molecule has 0 fully saturated rings. The number of carbonyl (C=O) groups is 2. The van der Waals surface area contributed by atoms with Crippen LogP contribution in [-0.4, -0.2) is 26.5 Å². The zero-order valence-corrected chi connectivity index (χ0v) is 12.0. The van der Waals surface area contributed by atoms with Crippen LogP contribution in [0.5, 0.6) is 0 Å². The maximum absolute atomic E-state index is 11.8. The lowest BCUT2D eigenvalue weighted by Gasteiger charge is -2.09. The van der Waals surface area contributed by atoms with Crippen molar-refractivity contribution < 1.29 is 14.7 Å². The van der Waals surface area contributed by atoms with E-state index in [2.05, 4.69) is 26.2 Å². The van der Waals surface area contributed by atoms with Gasteiger partial charge in [-0.3, -0.25) is 4.79 Å². The van der Waals surface area contributed by atoms with Crippen LogP contribution in [0.15, 0.2) is 41.4 Å². The van der Waals surface area contributed by atoms with Gasteiger partial charge in [-0.15, -0.1) is 0 Å². The monoisotopic (exact) mass is 337 g/mol. The summed E-state index contributed by atoms with van der Waals surface area (Å²) < 4.78 is 2.48. The molecule has 0 aliphatic heterocycles. The number of amides is 1. The van der Waals surface area contributed by atoms with Crippen molar-refractivity contribution in [2.24, 2.45) is 0 Å². The molecule has 0 saturated carbocycles. The van der Waals surface area contributed by atoms with Gasteiger partial charge in [0.15, 0.2) is 0 Å². The third-order valence-electron chi connectivity index (χ3n) is 2.64. The highest BCUT2D eigenvalue weighted by molar-refractivity contribution is 9.10. The van der Waals surface area contributed by atoms with Crippen LogP contribution < -0.4 is 5.32 Å². The second kappa shape index (κ2) is 6.33. The molecule has 20 heavy (non-hydrogen) atoms. The van der Waals surface area contributed by atoms with E-state index in [1.165, 1.54) is 6.07 Å². The maximum atomic E-state index is 11.8. The molecule has 0 saturated heterocycles. The Labute approximate surface area is 123 Å². The van der Waals surface area contributed by atoms with Crippen molar-refractivity contribution >= 4 is 33.5 Å². The summed E-state index contributed by atoms with van der Waals surface area (Å²) >= 11 is 3.25. The van der Waals surface area contributed by atoms with E-state index in [0.717, 1.165) is 0 Å². The van der Waals surface area contributed by atoms with Crippen molar-refractivity contribution in [3.8, 4) is 0 Å². The molecule has 0 radical (unpaired) electrons. The third-order valence-corrected chi connectivity index (χ3v) is 3.14. The van der Waals surface area contributed by atoms with Crippen LogP contribution in [-0.2, 0) is 11.3 Å². The number of carboxylic acids is 1. The summed E-state index contributed by atoms with van der Waals surface area (Å²) in [5.41, 5.74) is 0.340. The number of anilines is 1. The van der Waals surface area contributed by atoms with E-state index in [4.69, 9.17) is 5.11 Å². The lowest BCUT2D eigenvalue weighted by Crippen LogP contribution is -2.16. The molecule has 2 aromatic rings. The fourth-order valence-electron chi connectivity index (χ4n) is 1.67. The number of hydrogen-bond donors (Lipinski definition) is 2. The van der Waals surface area contributed by atoms with Crippen molar-refractivity contribution in [1.82, 2.24) is 9.55 Å². The van der Waals surface area contributed by atoms with Crippen LogP contribution in [0.1, 0.15) is 16.8 Å². The minimum Gasteiger partial charge on any atom is -0.478 e. The zero-order chi connectivity index (χ0) is 14.5. The Kier molecular flexibility index (Phi) is 4.52. The van der Waals surface area contributed by atoms with Crippen molar-refractivity contribution in [2.45, 2.75) is 13.0 Å². The number of halogens is 1. The van der Waals surface area contributed by atoms with Crippen LogP contribution >= 0.6 is 15.9 Å². The topological polar surface area (TPSA) is 84.2 Å². The summed E-state index contributed by atoms with van der Waals surface area (Å²) in [5, 5.41) is 11.7. The summed E-state index contributed by atoms with van der Waals surface area (Å²) in [5.74, 6) is -1.33. The molecule has 0 aliphatic rings. The maximum Gasteiger partial charge on any atom is 0.337 e. The fourth-order valence-corrected chi connectivity index (χ4v) is 2.03. The predicted octanol–water partition coefficient (Wildman–Crippen LogP) is 2.37. The first-order valence-corrected chi connectivity index (χ1v) is 6.64. The molecule has 0 bridgehead atoms. The van der Waals surface area contributed by atoms with Gasteiger partial charge in [-0.2, -0.15) is 0 Å². The van der Waals surface area contributed by atoms with Crippen LogP contribution in [0.25, 0.3) is 0 Å². The van der Waals surface area contributed by atoms with Gasteiger partial charge in [0.05, 0.1) is 17.6 Å². The van der Waals surface area contributed by atoms with E-state index in [-0.39, 0.29) is 23.6 Å². The van der Waals surface area contributed by atoms with Gasteiger partial charge in [0.2, 0.25) is 5.91 Å². The Hall–Kier alpha value is -2.15. The van der Waals surface area contributed by atoms with Crippen LogP contribution in [0, 0.1) is 0 Å². The van der Waals surface area contributed by atoms with E-state index in [1.807, 2.05) is 0 Å². The van der Waals surface area contributed by atoms with Gasteiger partial charge in [-0.25, -0.2) is 9.78 Å². The number of aryl methyl sites for hydroxylation is 1. The number of aromatic carboxylic acids is 1. The van der Waals surface area contributed by atoms with Gasteiger partial charge in [0.25, 0.3) is 0 Å². The molecule has 1 aromatic carbocycles. The Morgan fingerprint density at radius 2 is 2.20 bits per heavy atom. The molecule has 2 N–H and O–H groups in total. The second-order valence-electron chi connectivity index (χ2n) is 4.09. The highest BCUT2D eigenvalue weighted by Crippen LogP contribution is 2.21. The summed E-state index contributed by atoms with van der Waals surface area (Å²) in [6.45, 7) is 0.488. The number of benzene rings is 1. The van der Waals surface area contributed by atoms with Crippen molar-refractivity contribution in [3.05, 3.63) is 47.0 Å². The molecule has 0 unspecified atom stereocenters. The number of imidazole rings is 1. The van der Waals surface area contributed by atoms with Gasteiger partial charge in [0.1, 0.15) is 0 Å². The quantitative estimate of drug-likeness (QED) is 0.877. The lowest BCUT2D eigenvalue weighted by molar-refractivity contribution is -0.116. The molecule has 6 nitrogen and oxygen atoms in total. The van der Waals surface area contributed by atoms with Gasteiger partial charge >= 0.3 is 5.97 Å². The molecule has 104 valence electrons. The Balaban J connectivity index is 2.03. The Morgan fingerprint density at radius 1 is 1.40 bits per heavy atom. The van der Waals surface area contributed by atoms with Crippen LogP contribution in [0.2, 0.25) is 0 Å². The zero-order valence-electron chi connectivity index (χ0n) is 10.4. The summed E-state index contributed by atoms with van der Waals surface area (Å²) in [6.07, 6.45) is 5.25. The van der Waals surface area contributed by atoms with Gasteiger partial charge in [-0.1, -0.05) is 15.9 Å². The molecule has 7 heteroatoms. The summed E-state index contributed by atoms with van der Waals surface area (Å²) in [4.78, 5) is 26.8. The van der Waals surface area contributed by atoms with Gasteiger partial charge < -0.3 is 15.0 Å². The Morgan fingerprint density at radius 3 is 2.85 bits per heavy atom. The van der Waals surface area contributed by atoms with Crippen molar-refractivity contribution in [3.63, 3.8) is 0 Å². The molecule has 0 atom stereocenters. The molecule has 0 aliphatic carbocycles. The second-order valence-corrected chi connectivity index (χ2v) is 5.01. The molecule has 1 aromatic heterocycles. The molecule has 1 amide bonds. The van der Waals surface area contributed by atoms with E-state index in [9.17, 15) is 9.59 Å². The summed E-state index contributed by atoms with van der Waals surface area (Å²) in [7, 11) is 0. The fraction of sp³-hybridized carbons (Fsp3) is 0.154. The first-order valence-electron chi connectivity index (χ1n) is 5.84. The largest absolute Gasteiger partial charge is 0.478 e. The van der Waals surface area contributed by atoms with Crippen molar-refractivity contribution in [1.29, 1.82) is 0 Å². The van der Waals surface area contributed by atoms with Crippen LogP contribution in [0.4, 0.5) is 5.69 Å². The number of nitrogens with one attached hydrogen (secondary N) is 1. The number of carboxylic acid groups (broad SMARTS) is 1. The number of aromatic nitrogens is 2. The first kappa shape index (κ1) is 14.3. The molecular weight excluding hydrogens is 326 g/mol. The van der Waals surface area contributed by atoms with Gasteiger partial charge in [-0.05, 0) is 18.2 Å². The van der Waals surface area contributed by atoms with Crippen LogP contribution in [0.3, 0.4) is 0 Å². The van der Waals surface area contributed by atoms with E-state index in [0.29, 0.717) is 11.0 Å². The molecule has 0 spiro atoms.